The monoisotopic (exact) mass is 859 g/mol. The van der Waals surface area contributed by atoms with Crippen molar-refractivity contribution in [1.82, 2.24) is 19.5 Å². The van der Waals surface area contributed by atoms with Gasteiger partial charge in [-0.2, -0.15) is 0 Å². The van der Waals surface area contributed by atoms with E-state index in [1.807, 2.05) is 97.2 Å². The first-order valence-corrected chi connectivity index (χ1v) is 17.1. The molecule has 5 nitrogen and oxygen atoms in total. The van der Waals surface area contributed by atoms with E-state index in [0.717, 1.165) is 78.0 Å². The Morgan fingerprint density at radius 3 is 1.98 bits per heavy atom. The number of benzene rings is 6. The van der Waals surface area contributed by atoms with E-state index in [0.29, 0.717) is 5.65 Å². The van der Waals surface area contributed by atoms with Gasteiger partial charge in [-0.15, -0.1) is 54.1 Å². The Hall–Kier alpha value is -6.46. The molecule has 6 aromatic carbocycles. The first-order valence-electron chi connectivity index (χ1n) is 17.1. The van der Waals surface area contributed by atoms with Crippen molar-refractivity contribution in [3.63, 3.8) is 0 Å². The zero-order valence-electron chi connectivity index (χ0n) is 28.4. The second-order valence-electron chi connectivity index (χ2n) is 12.3. The van der Waals surface area contributed by atoms with Gasteiger partial charge in [-0.3, -0.25) is 4.98 Å². The van der Waals surface area contributed by atoms with Crippen LogP contribution in [0.2, 0.25) is 0 Å². The summed E-state index contributed by atoms with van der Waals surface area (Å²) in [6.07, 6.45) is 3.68. The van der Waals surface area contributed by atoms with Crippen LogP contribution in [0, 0.1) is 12.1 Å². The van der Waals surface area contributed by atoms with Gasteiger partial charge < -0.3 is 14.0 Å². The number of fused-ring (bicyclic) bond motifs is 4. The molecule has 0 saturated heterocycles. The van der Waals surface area contributed by atoms with Crippen LogP contribution in [-0.2, 0) is 20.1 Å². The molecule has 10 rings (SSSR count). The summed E-state index contributed by atoms with van der Waals surface area (Å²) in [6.45, 7) is 0. The molecule has 0 atom stereocenters. The van der Waals surface area contributed by atoms with Gasteiger partial charge in [0.15, 0.2) is 5.65 Å². The van der Waals surface area contributed by atoms with Crippen molar-refractivity contribution in [2.24, 2.45) is 0 Å². The molecule has 0 unspecified atom stereocenters. The molecule has 53 heavy (non-hydrogen) atoms. The predicted molar refractivity (Wildman–Crippen MR) is 210 cm³/mol. The summed E-state index contributed by atoms with van der Waals surface area (Å²) in [5.41, 5.74) is 11.4. The molecule has 1 radical (unpaired) electrons. The van der Waals surface area contributed by atoms with Crippen LogP contribution >= 0.6 is 0 Å². The normalized spacial score (nSPS) is 10.9. The number of furan rings is 1. The summed E-state index contributed by atoms with van der Waals surface area (Å²) >= 11 is 0. The fourth-order valence-corrected chi connectivity index (χ4v) is 6.55. The number of hydrogen-bond acceptors (Lipinski definition) is 4. The minimum absolute atomic E-state index is 0. The van der Waals surface area contributed by atoms with Crippen LogP contribution in [0.5, 0.6) is 0 Å². The summed E-state index contributed by atoms with van der Waals surface area (Å²) in [5.74, 6) is 0.742. The average Bonchev–Trinajstić information content (AvgIpc) is 3.81. The standard InChI is InChI=1S/C36H22N3O.C11H8N.Ir/c1-4-11-24(12-5-1)26-19-20-29-30-17-10-18-31(34(30)40-33(29)22-26)36-38-35-32(39(36)28-15-8-3-9-16-28)21-27(23-37-35)25-13-6-2-7-14-25;1-2-6-10(7-3-1)11-8-4-5-9-12-11;/h1-17,19-23H;1-6,8-9H;/q2*-1;. The zero-order chi connectivity index (χ0) is 34.7. The topological polar surface area (TPSA) is 56.7 Å². The third-order valence-electron chi connectivity index (χ3n) is 9.05. The molecule has 0 saturated carbocycles. The number of para-hydroxylation sites is 1. The molecule has 0 N–H and O–H groups in total. The second-order valence-corrected chi connectivity index (χ2v) is 12.3. The molecule has 10 aromatic rings. The van der Waals surface area contributed by atoms with Gasteiger partial charge in [0.05, 0.1) is 16.9 Å². The van der Waals surface area contributed by atoms with Crippen LogP contribution in [0.1, 0.15) is 0 Å². The van der Waals surface area contributed by atoms with Gasteiger partial charge in [-0.25, -0.2) is 4.98 Å². The maximum Gasteiger partial charge on any atom is 0.168 e. The summed E-state index contributed by atoms with van der Waals surface area (Å²) in [4.78, 5) is 14.0. The summed E-state index contributed by atoms with van der Waals surface area (Å²) in [5, 5.41) is 2.10. The fourth-order valence-electron chi connectivity index (χ4n) is 6.55. The third kappa shape index (κ3) is 6.70. The maximum absolute atomic E-state index is 6.58. The first-order chi connectivity index (χ1) is 25.8. The molecule has 0 aliphatic rings. The molecule has 4 aromatic heterocycles. The smallest absolute Gasteiger partial charge is 0.168 e. The average molecular weight is 859 g/mol. The number of hydrogen-bond donors (Lipinski definition) is 0. The van der Waals surface area contributed by atoms with Crippen LogP contribution in [0.3, 0.4) is 0 Å². The SMILES string of the molecule is [Ir].[c-]1ccc2c(oc3cc(-c4ccccc4)ccc32)c1-c1nc2ncc(-c3ccccc3)cc2n1-c1ccccc1.[c-]1ccccc1-c1ccccn1. The van der Waals surface area contributed by atoms with E-state index in [4.69, 9.17) is 14.4 Å². The molecule has 0 fully saturated rings. The minimum Gasteiger partial charge on any atom is -0.501 e. The van der Waals surface area contributed by atoms with E-state index in [9.17, 15) is 0 Å². The maximum atomic E-state index is 6.58. The summed E-state index contributed by atoms with van der Waals surface area (Å²) < 4.78 is 8.73. The third-order valence-corrected chi connectivity index (χ3v) is 9.05. The van der Waals surface area contributed by atoms with Crippen molar-refractivity contribution in [1.29, 1.82) is 0 Å². The Morgan fingerprint density at radius 2 is 1.26 bits per heavy atom. The van der Waals surface area contributed by atoms with Crippen molar-refractivity contribution >= 4 is 33.1 Å². The van der Waals surface area contributed by atoms with Crippen molar-refractivity contribution in [3.8, 4) is 50.6 Å². The number of rotatable bonds is 5. The van der Waals surface area contributed by atoms with E-state index >= 15 is 0 Å². The molecule has 6 heteroatoms. The molecular weight excluding hydrogens is 829 g/mol. The largest absolute Gasteiger partial charge is 0.501 e. The van der Waals surface area contributed by atoms with Crippen LogP contribution in [0.15, 0.2) is 187 Å². The Balaban J connectivity index is 0.000000262. The molecule has 0 aliphatic heterocycles. The first kappa shape index (κ1) is 33.7. The molecule has 255 valence electrons. The van der Waals surface area contributed by atoms with E-state index in [2.05, 4.69) is 101 Å². The summed E-state index contributed by atoms with van der Waals surface area (Å²) in [6, 6.07) is 63.8. The van der Waals surface area contributed by atoms with Gasteiger partial charge in [0.1, 0.15) is 5.58 Å². The molecule has 0 aliphatic carbocycles. The second kappa shape index (κ2) is 15.0. The molecule has 0 bridgehead atoms. The quantitative estimate of drug-likeness (QED) is 0.162. The van der Waals surface area contributed by atoms with Crippen LogP contribution in [-0.4, -0.2) is 19.5 Å². The van der Waals surface area contributed by atoms with Crippen molar-refractivity contribution in [3.05, 3.63) is 194 Å². The number of aromatic nitrogens is 4. The molecule has 0 amide bonds. The van der Waals surface area contributed by atoms with E-state index in [1.165, 1.54) is 0 Å². The number of imidazole rings is 1. The molecular formula is C47H30IrN4O-2. The van der Waals surface area contributed by atoms with Gasteiger partial charge in [0.25, 0.3) is 0 Å². The van der Waals surface area contributed by atoms with E-state index < -0.39 is 0 Å². The molecule has 4 heterocycles. The summed E-state index contributed by atoms with van der Waals surface area (Å²) in [7, 11) is 0. The van der Waals surface area contributed by atoms with Gasteiger partial charge in [-0.05, 0) is 52.7 Å². The van der Waals surface area contributed by atoms with Crippen molar-refractivity contribution in [2.75, 3.05) is 0 Å². The van der Waals surface area contributed by atoms with Gasteiger partial charge in [0.2, 0.25) is 0 Å². The Kier molecular flexibility index (Phi) is 9.55. The number of nitrogens with zero attached hydrogens (tertiary/aromatic N) is 4. The van der Waals surface area contributed by atoms with Crippen molar-refractivity contribution < 1.29 is 24.5 Å². The van der Waals surface area contributed by atoms with Crippen LogP contribution in [0.25, 0.3) is 83.7 Å². The van der Waals surface area contributed by atoms with Gasteiger partial charge in [-0.1, -0.05) is 114 Å². The van der Waals surface area contributed by atoms with E-state index in [1.54, 1.807) is 6.20 Å². The van der Waals surface area contributed by atoms with Crippen LogP contribution in [0.4, 0.5) is 0 Å². The Bertz CT molecular complexity index is 2730. The Morgan fingerprint density at radius 1 is 0.547 bits per heavy atom. The van der Waals surface area contributed by atoms with Gasteiger partial charge in [0, 0.05) is 49.1 Å². The Labute approximate surface area is 320 Å². The fraction of sp³-hybridized carbons (Fsp3) is 0. The zero-order valence-corrected chi connectivity index (χ0v) is 30.7. The van der Waals surface area contributed by atoms with E-state index in [-0.39, 0.29) is 20.1 Å². The predicted octanol–water partition coefficient (Wildman–Crippen LogP) is 11.7. The molecule has 0 spiro atoms. The van der Waals surface area contributed by atoms with Crippen molar-refractivity contribution in [2.45, 2.75) is 0 Å². The minimum atomic E-state index is 0. The van der Waals surface area contributed by atoms with Crippen LogP contribution < -0.4 is 0 Å². The number of pyridine rings is 2. The van der Waals surface area contributed by atoms with Gasteiger partial charge >= 0.3 is 0 Å².